The minimum atomic E-state index is -0.980. The minimum absolute atomic E-state index is 0.00526. The smallest absolute Gasteiger partial charge is 0.328 e. The number of hydrogen-bond acceptors (Lipinski definition) is 2. The molecule has 0 saturated carbocycles. The van der Waals surface area contributed by atoms with E-state index in [0.29, 0.717) is 6.42 Å². The fourth-order valence-electron chi connectivity index (χ4n) is 1.41. The van der Waals surface area contributed by atoms with Gasteiger partial charge in [-0.15, -0.1) is 0 Å². The van der Waals surface area contributed by atoms with Crippen LogP contribution < -0.4 is 5.32 Å². The number of amides is 1. The number of carbonyl (C=O) groups is 2. The largest absolute Gasteiger partial charge is 0.478 e. The molecule has 0 aromatic heterocycles. The van der Waals surface area contributed by atoms with Gasteiger partial charge in [0.2, 0.25) is 5.91 Å². The van der Waals surface area contributed by atoms with Gasteiger partial charge < -0.3 is 10.4 Å². The lowest BCUT2D eigenvalue weighted by Crippen LogP contribution is -2.10. The van der Waals surface area contributed by atoms with Gasteiger partial charge >= 0.3 is 5.97 Å². The predicted octanol–water partition coefficient (Wildman–Crippen LogP) is 2.91. The molecule has 0 aliphatic rings. The Morgan fingerprint density at radius 1 is 1.28 bits per heavy atom. The standard InChI is InChI=1S/C14H17NO3/c1-2-3-4-13(16)15-12-8-5-11(6-9-12)7-10-14(17)18/h5-10H,2-4H2,1H3,(H,15,16)(H,17,18)/b10-7+. The monoisotopic (exact) mass is 247 g/mol. The molecule has 0 atom stereocenters. The van der Waals surface area contributed by atoms with Crippen LogP contribution in [0.2, 0.25) is 0 Å². The highest BCUT2D eigenvalue weighted by Crippen LogP contribution is 2.11. The number of carboxylic acid groups (broad SMARTS) is 1. The molecule has 4 nitrogen and oxygen atoms in total. The van der Waals surface area contributed by atoms with Crippen molar-refractivity contribution in [1.29, 1.82) is 0 Å². The summed E-state index contributed by atoms with van der Waals surface area (Å²) >= 11 is 0. The summed E-state index contributed by atoms with van der Waals surface area (Å²) in [4.78, 5) is 21.8. The summed E-state index contributed by atoms with van der Waals surface area (Å²) in [7, 11) is 0. The van der Waals surface area contributed by atoms with Crippen LogP contribution in [-0.2, 0) is 9.59 Å². The van der Waals surface area contributed by atoms with Crippen molar-refractivity contribution in [1.82, 2.24) is 0 Å². The Hall–Kier alpha value is -2.10. The van der Waals surface area contributed by atoms with Crippen molar-refractivity contribution >= 4 is 23.6 Å². The minimum Gasteiger partial charge on any atom is -0.478 e. The number of aliphatic carboxylic acids is 1. The molecule has 18 heavy (non-hydrogen) atoms. The van der Waals surface area contributed by atoms with Crippen LogP contribution in [0.3, 0.4) is 0 Å². The van der Waals surface area contributed by atoms with Crippen molar-refractivity contribution in [2.24, 2.45) is 0 Å². The Morgan fingerprint density at radius 3 is 2.50 bits per heavy atom. The van der Waals surface area contributed by atoms with E-state index in [-0.39, 0.29) is 5.91 Å². The molecular formula is C14H17NO3. The first-order valence-corrected chi connectivity index (χ1v) is 5.92. The molecule has 1 aromatic rings. The molecule has 1 rings (SSSR count). The second-order valence-electron chi connectivity index (χ2n) is 3.95. The zero-order valence-electron chi connectivity index (χ0n) is 10.3. The van der Waals surface area contributed by atoms with E-state index in [1.807, 2.05) is 6.92 Å². The lowest BCUT2D eigenvalue weighted by atomic mass is 10.2. The number of unbranched alkanes of at least 4 members (excludes halogenated alkanes) is 1. The van der Waals surface area contributed by atoms with Crippen molar-refractivity contribution in [3.8, 4) is 0 Å². The lowest BCUT2D eigenvalue weighted by Gasteiger charge is -2.04. The number of benzene rings is 1. The average Bonchev–Trinajstić information content (AvgIpc) is 2.35. The molecule has 1 aromatic carbocycles. The van der Waals surface area contributed by atoms with Gasteiger partial charge in [-0.05, 0) is 30.2 Å². The third kappa shape index (κ3) is 5.30. The van der Waals surface area contributed by atoms with Crippen molar-refractivity contribution in [2.75, 3.05) is 5.32 Å². The molecule has 0 saturated heterocycles. The van der Waals surface area contributed by atoms with Crippen LogP contribution in [0.4, 0.5) is 5.69 Å². The molecule has 0 radical (unpaired) electrons. The van der Waals surface area contributed by atoms with Crippen LogP contribution in [0.25, 0.3) is 6.08 Å². The van der Waals surface area contributed by atoms with Crippen LogP contribution in [0.5, 0.6) is 0 Å². The van der Waals surface area contributed by atoms with Gasteiger partial charge in [-0.2, -0.15) is 0 Å². The molecule has 0 heterocycles. The fraction of sp³-hybridized carbons (Fsp3) is 0.286. The highest BCUT2D eigenvalue weighted by atomic mass is 16.4. The molecule has 96 valence electrons. The number of carboxylic acids is 1. The number of carbonyl (C=O) groups excluding carboxylic acids is 1. The Kier molecular flexibility index (Phi) is 5.64. The van der Waals surface area contributed by atoms with Crippen LogP contribution in [-0.4, -0.2) is 17.0 Å². The van der Waals surface area contributed by atoms with Gasteiger partial charge in [-0.25, -0.2) is 4.79 Å². The van der Waals surface area contributed by atoms with E-state index in [4.69, 9.17) is 5.11 Å². The fourth-order valence-corrected chi connectivity index (χ4v) is 1.41. The molecule has 2 N–H and O–H groups in total. The lowest BCUT2D eigenvalue weighted by molar-refractivity contribution is -0.131. The van der Waals surface area contributed by atoms with Crippen molar-refractivity contribution in [2.45, 2.75) is 26.2 Å². The Balaban J connectivity index is 2.55. The summed E-state index contributed by atoms with van der Waals surface area (Å²) in [6, 6.07) is 7.03. The highest BCUT2D eigenvalue weighted by Gasteiger charge is 2.00. The zero-order chi connectivity index (χ0) is 13.4. The zero-order valence-corrected chi connectivity index (χ0v) is 10.3. The average molecular weight is 247 g/mol. The summed E-state index contributed by atoms with van der Waals surface area (Å²) in [6.07, 6.45) is 4.98. The first-order valence-electron chi connectivity index (χ1n) is 5.92. The van der Waals surface area contributed by atoms with E-state index in [9.17, 15) is 9.59 Å². The predicted molar refractivity (Wildman–Crippen MR) is 71.3 cm³/mol. The quantitative estimate of drug-likeness (QED) is 0.759. The normalized spacial score (nSPS) is 10.5. The van der Waals surface area contributed by atoms with Crippen molar-refractivity contribution in [3.05, 3.63) is 35.9 Å². The molecule has 0 bridgehead atoms. The maximum atomic E-state index is 11.5. The van der Waals surface area contributed by atoms with Crippen molar-refractivity contribution < 1.29 is 14.7 Å². The first-order chi connectivity index (χ1) is 8.61. The molecule has 0 fully saturated rings. The second kappa shape index (κ2) is 7.27. The van der Waals surface area contributed by atoms with E-state index < -0.39 is 5.97 Å². The third-order valence-corrected chi connectivity index (χ3v) is 2.37. The third-order valence-electron chi connectivity index (χ3n) is 2.37. The Bertz CT molecular complexity index is 435. The van der Waals surface area contributed by atoms with Gasteiger partial charge in [0.25, 0.3) is 0 Å². The number of nitrogens with one attached hydrogen (secondary N) is 1. The van der Waals surface area contributed by atoms with Gasteiger partial charge in [0.15, 0.2) is 0 Å². The van der Waals surface area contributed by atoms with E-state index >= 15 is 0 Å². The Morgan fingerprint density at radius 2 is 1.94 bits per heavy atom. The van der Waals surface area contributed by atoms with Gasteiger partial charge in [0.1, 0.15) is 0 Å². The summed E-state index contributed by atoms with van der Waals surface area (Å²) in [5, 5.41) is 11.3. The molecule has 0 aliphatic heterocycles. The van der Waals surface area contributed by atoms with Gasteiger partial charge in [0.05, 0.1) is 0 Å². The molecule has 0 unspecified atom stereocenters. The maximum Gasteiger partial charge on any atom is 0.328 e. The number of rotatable bonds is 6. The molecule has 0 spiro atoms. The van der Waals surface area contributed by atoms with E-state index in [0.717, 1.165) is 30.2 Å². The summed E-state index contributed by atoms with van der Waals surface area (Å²) in [6.45, 7) is 2.04. The van der Waals surface area contributed by atoms with E-state index in [1.54, 1.807) is 24.3 Å². The van der Waals surface area contributed by atoms with Crippen LogP contribution in [0, 0.1) is 0 Å². The number of anilines is 1. The maximum absolute atomic E-state index is 11.5. The van der Waals surface area contributed by atoms with E-state index in [2.05, 4.69) is 5.32 Å². The topological polar surface area (TPSA) is 66.4 Å². The molecular weight excluding hydrogens is 230 g/mol. The summed E-state index contributed by atoms with van der Waals surface area (Å²) < 4.78 is 0. The highest BCUT2D eigenvalue weighted by molar-refractivity contribution is 5.91. The number of hydrogen-bond donors (Lipinski definition) is 2. The molecule has 4 heteroatoms. The van der Waals surface area contributed by atoms with Crippen LogP contribution >= 0.6 is 0 Å². The van der Waals surface area contributed by atoms with Gasteiger partial charge in [-0.1, -0.05) is 25.5 Å². The van der Waals surface area contributed by atoms with Crippen molar-refractivity contribution in [3.63, 3.8) is 0 Å². The van der Waals surface area contributed by atoms with Gasteiger partial charge in [-0.3, -0.25) is 4.79 Å². The van der Waals surface area contributed by atoms with Crippen LogP contribution in [0.1, 0.15) is 31.7 Å². The first kappa shape index (κ1) is 14.0. The van der Waals surface area contributed by atoms with Crippen LogP contribution in [0.15, 0.2) is 30.3 Å². The van der Waals surface area contributed by atoms with Gasteiger partial charge in [0, 0.05) is 18.2 Å². The van der Waals surface area contributed by atoms with E-state index in [1.165, 1.54) is 6.08 Å². The second-order valence-corrected chi connectivity index (χ2v) is 3.95. The Labute approximate surface area is 106 Å². The summed E-state index contributed by atoms with van der Waals surface area (Å²) in [5.74, 6) is -0.974. The molecule has 1 amide bonds. The molecule has 0 aliphatic carbocycles. The SMILES string of the molecule is CCCCC(=O)Nc1ccc(/C=C/C(=O)O)cc1. The summed E-state index contributed by atoms with van der Waals surface area (Å²) in [5.41, 5.74) is 1.51.